The fraction of sp³-hybridized carbons (Fsp3) is 0.333. The number of aryl methyl sites for hydroxylation is 2. The van der Waals surface area contributed by atoms with E-state index >= 15 is 0 Å². The number of nitrogens with zero attached hydrogens (tertiary/aromatic N) is 5. The summed E-state index contributed by atoms with van der Waals surface area (Å²) in [6, 6.07) is 10.0. The van der Waals surface area contributed by atoms with Crippen LogP contribution >= 0.6 is 0 Å². The molecule has 1 saturated heterocycles. The number of hydrogen-bond acceptors (Lipinski definition) is 5. The number of amides is 1. The SMILES string of the molecule is Cc1cccc(-c2nnc3n2C[C@@H]2COC[C@H]3N2C(=O)c2cccc(C)c2F)n1. The van der Waals surface area contributed by atoms with Gasteiger partial charge in [-0.05, 0) is 37.6 Å². The number of carbonyl (C=O) groups is 1. The predicted octanol–water partition coefficient (Wildman–Crippen LogP) is 2.69. The molecule has 2 bridgehead atoms. The maximum atomic E-state index is 14.6. The van der Waals surface area contributed by atoms with Crippen LogP contribution < -0.4 is 0 Å². The Labute approximate surface area is 167 Å². The first-order valence-corrected chi connectivity index (χ1v) is 9.57. The first-order valence-electron chi connectivity index (χ1n) is 9.57. The molecule has 3 aromatic rings. The topological polar surface area (TPSA) is 73.1 Å². The number of ether oxygens (including phenoxy) is 1. The molecule has 1 fully saturated rings. The Bertz CT molecular complexity index is 1110. The smallest absolute Gasteiger partial charge is 0.257 e. The molecule has 29 heavy (non-hydrogen) atoms. The number of rotatable bonds is 2. The van der Waals surface area contributed by atoms with Crippen LogP contribution in [0.25, 0.3) is 11.5 Å². The van der Waals surface area contributed by atoms with Gasteiger partial charge < -0.3 is 14.2 Å². The summed E-state index contributed by atoms with van der Waals surface area (Å²) >= 11 is 0. The molecule has 1 amide bonds. The zero-order valence-corrected chi connectivity index (χ0v) is 16.2. The number of hydrogen-bond donors (Lipinski definition) is 0. The second-order valence-corrected chi connectivity index (χ2v) is 7.51. The zero-order chi connectivity index (χ0) is 20.1. The third-order valence-electron chi connectivity index (χ3n) is 5.56. The molecule has 8 heteroatoms. The van der Waals surface area contributed by atoms with E-state index in [0.717, 1.165) is 11.4 Å². The van der Waals surface area contributed by atoms with E-state index in [1.807, 2.05) is 29.7 Å². The molecule has 5 rings (SSSR count). The lowest BCUT2D eigenvalue weighted by atomic mass is 10.0. The van der Waals surface area contributed by atoms with Crippen LogP contribution in [0.15, 0.2) is 36.4 Å². The van der Waals surface area contributed by atoms with Crippen LogP contribution in [0.1, 0.15) is 33.5 Å². The molecule has 0 N–H and O–H groups in total. The summed E-state index contributed by atoms with van der Waals surface area (Å²) in [4.78, 5) is 19.5. The molecule has 0 radical (unpaired) electrons. The lowest BCUT2D eigenvalue weighted by molar-refractivity contribution is -0.0571. The zero-order valence-electron chi connectivity index (χ0n) is 16.2. The molecule has 4 heterocycles. The normalized spacial score (nSPS) is 20.4. The van der Waals surface area contributed by atoms with Crippen molar-refractivity contribution in [3.05, 3.63) is 64.9 Å². The van der Waals surface area contributed by atoms with E-state index in [1.165, 1.54) is 6.07 Å². The summed E-state index contributed by atoms with van der Waals surface area (Å²) in [5, 5.41) is 8.71. The predicted molar refractivity (Wildman–Crippen MR) is 103 cm³/mol. The van der Waals surface area contributed by atoms with Gasteiger partial charge in [-0.25, -0.2) is 9.37 Å². The highest BCUT2D eigenvalue weighted by molar-refractivity contribution is 5.95. The summed E-state index contributed by atoms with van der Waals surface area (Å²) in [5.74, 6) is 0.497. The van der Waals surface area contributed by atoms with E-state index in [2.05, 4.69) is 15.2 Å². The van der Waals surface area contributed by atoms with Crippen LogP contribution in [0.3, 0.4) is 0 Å². The summed E-state index contributed by atoms with van der Waals surface area (Å²) in [6.07, 6.45) is 0. The molecule has 0 aliphatic carbocycles. The van der Waals surface area contributed by atoms with Crippen LogP contribution in [0.5, 0.6) is 0 Å². The van der Waals surface area contributed by atoms with Crippen molar-refractivity contribution in [2.75, 3.05) is 13.2 Å². The van der Waals surface area contributed by atoms with Crippen molar-refractivity contribution in [2.45, 2.75) is 32.5 Å². The molecular weight excluding hydrogens is 373 g/mol. The molecule has 7 nitrogen and oxygen atoms in total. The van der Waals surface area contributed by atoms with Crippen molar-refractivity contribution < 1.29 is 13.9 Å². The Hall–Kier alpha value is -3.13. The number of aromatic nitrogens is 4. The van der Waals surface area contributed by atoms with Crippen LogP contribution in [0.4, 0.5) is 4.39 Å². The molecule has 1 aromatic carbocycles. The summed E-state index contributed by atoms with van der Waals surface area (Å²) in [6.45, 7) is 4.74. The minimum Gasteiger partial charge on any atom is -0.377 e. The molecule has 2 aromatic heterocycles. The molecule has 0 saturated carbocycles. The molecule has 2 atom stereocenters. The number of fused-ring (bicyclic) bond motifs is 4. The molecule has 0 unspecified atom stereocenters. The fourth-order valence-electron chi connectivity index (χ4n) is 4.14. The molecule has 148 valence electrons. The fourth-order valence-corrected chi connectivity index (χ4v) is 4.14. The highest BCUT2D eigenvalue weighted by Crippen LogP contribution is 2.36. The minimum atomic E-state index is -0.479. The van der Waals surface area contributed by atoms with Crippen LogP contribution in [-0.4, -0.2) is 49.8 Å². The maximum Gasteiger partial charge on any atom is 0.257 e. The first kappa shape index (κ1) is 17.9. The van der Waals surface area contributed by atoms with Crippen LogP contribution in [0.2, 0.25) is 0 Å². The van der Waals surface area contributed by atoms with Gasteiger partial charge in [0.2, 0.25) is 0 Å². The minimum absolute atomic E-state index is 0.0791. The highest BCUT2D eigenvalue weighted by Gasteiger charge is 2.44. The van der Waals surface area contributed by atoms with Crippen molar-refractivity contribution in [1.82, 2.24) is 24.6 Å². The average Bonchev–Trinajstić information content (AvgIpc) is 3.12. The monoisotopic (exact) mass is 393 g/mol. The van der Waals surface area contributed by atoms with Gasteiger partial charge in [0.15, 0.2) is 11.6 Å². The summed E-state index contributed by atoms with van der Waals surface area (Å²) < 4.78 is 22.3. The van der Waals surface area contributed by atoms with E-state index in [4.69, 9.17) is 4.74 Å². The van der Waals surface area contributed by atoms with Gasteiger partial charge in [-0.3, -0.25) is 4.79 Å². The Morgan fingerprint density at radius 3 is 2.79 bits per heavy atom. The van der Waals surface area contributed by atoms with Crippen molar-refractivity contribution in [2.24, 2.45) is 0 Å². The third-order valence-corrected chi connectivity index (χ3v) is 5.56. The lowest BCUT2D eigenvalue weighted by Gasteiger charge is -2.45. The van der Waals surface area contributed by atoms with Crippen molar-refractivity contribution in [3.8, 4) is 11.5 Å². The summed E-state index contributed by atoms with van der Waals surface area (Å²) in [5.41, 5.74) is 2.17. The third kappa shape index (κ3) is 2.82. The second-order valence-electron chi connectivity index (χ2n) is 7.51. The van der Waals surface area contributed by atoms with Crippen molar-refractivity contribution >= 4 is 5.91 Å². The van der Waals surface area contributed by atoms with Gasteiger partial charge in [-0.1, -0.05) is 18.2 Å². The number of benzene rings is 1. The van der Waals surface area contributed by atoms with E-state index in [-0.39, 0.29) is 17.5 Å². The molecule has 2 aliphatic heterocycles. The van der Waals surface area contributed by atoms with Gasteiger partial charge in [0.25, 0.3) is 5.91 Å². The Morgan fingerprint density at radius 2 is 1.97 bits per heavy atom. The Kier molecular flexibility index (Phi) is 4.16. The Morgan fingerprint density at radius 1 is 1.14 bits per heavy atom. The standard InChI is InChI=1S/C21H20FN5O2/c1-12-5-3-7-15(18(12)22)21(28)27-14-9-26-19(16-8-4-6-13(2)23-16)24-25-20(26)17(27)11-29-10-14/h3-8,14,17H,9-11H2,1-2H3/t14-,17-/m1/s1. The second kappa shape index (κ2) is 6.73. The Balaban J connectivity index is 1.56. The van der Waals surface area contributed by atoms with Crippen molar-refractivity contribution in [3.63, 3.8) is 0 Å². The van der Waals surface area contributed by atoms with Gasteiger partial charge >= 0.3 is 0 Å². The van der Waals surface area contributed by atoms with Gasteiger partial charge in [-0.15, -0.1) is 10.2 Å². The maximum absolute atomic E-state index is 14.6. The average molecular weight is 393 g/mol. The van der Waals surface area contributed by atoms with Gasteiger partial charge in [0, 0.05) is 12.2 Å². The van der Waals surface area contributed by atoms with E-state index in [0.29, 0.717) is 37.0 Å². The number of pyridine rings is 1. The molecule has 2 aliphatic rings. The van der Waals surface area contributed by atoms with Gasteiger partial charge in [0.1, 0.15) is 17.6 Å². The first-order chi connectivity index (χ1) is 14.0. The summed E-state index contributed by atoms with van der Waals surface area (Å²) in [7, 11) is 0. The molecular formula is C21H20FN5O2. The van der Waals surface area contributed by atoms with Crippen LogP contribution in [0, 0.1) is 19.7 Å². The highest BCUT2D eigenvalue weighted by atomic mass is 19.1. The number of halogens is 1. The quantitative estimate of drug-likeness (QED) is 0.669. The van der Waals surface area contributed by atoms with Gasteiger partial charge in [-0.2, -0.15) is 0 Å². The number of carbonyl (C=O) groups excluding carboxylic acids is 1. The largest absolute Gasteiger partial charge is 0.377 e. The van der Waals surface area contributed by atoms with E-state index < -0.39 is 11.9 Å². The van der Waals surface area contributed by atoms with Crippen molar-refractivity contribution in [1.29, 1.82) is 0 Å². The van der Waals surface area contributed by atoms with E-state index in [1.54, 1.807) is 24.0 Å². The number of morpholine rings is 1. The van der Waals surface area contributed by atoms with Gasteiger partial charge in [0.05, 0.1) is 24.8 Å². The van der Waals surface area contributed by atoms with E-state index in [9.17, 15) is 9.18 Å². The van der Waals surface area contributed by atoms with Crippen LogP contribution in [-0.2, 0) is 11.3 Å². The lowest BCUT2D eigenvalue weighted by Crippen LogP contribution is -2.56. The molecule has 0 spiro atoms.